The van der Waals surface area contributed by atoms with E-state index in [1.807, 2.05) is 22.9 Å². The molecule has 0 aromatic carbocycles. The summed E-state index contributed by atoms with van der Waals surface area (Å²) >= 11 is 0. The van der Waals surface area contributed by atoms with Crippen LogP contribution in [-0.4, -0.2) is 45.7 Å². The lowest BCUT2D eigenvalue weighted by molar-refractivity contribution is 0.297. The van der Waals surface area contributed by atoms with E-state index in [-0.39, 0.29) is 16.8 Å². The molecule has 0 bridgehead atoms. The summed E-state index contributed by atoms with van der Waals surface area (Å²) in [5.74, 6) is 0.634. The Morgan fingerprint density at radius 1 is 1.06 bits per heavy atom. The third kappa shape index (κ3) is 3.70. The highest BCUT2D eigenvalue weighted by molar-refractivity contribution is 5.71. The van der Waals surface area contributed by atoms with Gasteiger partial charge in [-0.05, 0) is 51.8 Å². The number of aromatic amines is 1. The fraction of sp³-hybridized carbons (Fsp3) is 0.304. The monoisotopic (exact) mass is 415 g/mol. The van der Waals surface area contributed by atoms with Crippen LogP contribution >= 0.6 is 0 Å². The van der Waals surface area contributed by atoms with E-state index in [4.69, 9.17) is 4.98 Å². The second kappa shape index (κ2) is 6.75. The van der Waals surface area contributed by atoms with Crippen LogP contribution in [0.5, 0.6) is 5.75 Å². The second-order valence-corrected chi connectivity index (χ2v) is 9.30. The van der Waals surface area contributed by atoms with Gasteiger partial charge in [-0.15, -0.1) is 0 Å². The summed E-state index contributed by atoms with van der Waals surface area (Å²) in [5, 5.41) is 20.9. The molecule has 0 radical (unpaired) electrons. The first-order chi connectivity index (χ1) is 14.7. The Morgan fingerprint density at radius 2 is 1.87 bits per heavy atom. The van der Waals surface area contributed by atoms with E-state index >= 15 is 0 Å². The normalized spacial score (nSPS) is 17.6. The van der Waals surface area contributed by atoms with E-state index in [1.54, 1.807) is 24.7 Å². The van der Waals surface area contributed by atoms with Crippen LogP contribution in [0.1, 0.15) is 39.8 Å². The highest BCUT2D eigenvalue weighted by atomic mass is 16.3. The van der Waals surface area contributed by atoms with E-state index in [2.05, 4.69) is 59.3 Å². The summed E-state index contributed by atoms with van der Waals surface area (Å²) in [6, 6.07) is 3.68. The molecular weight excluding hydrogens is 390 g/mol. The highest BCUT2D eigenvalue weighted by Crippen LogP contribution is 2.34. The van der Waals surface area contributed by atoms with E-state index in [1.165, 1.54) is 5.57 Å². The first-order valence-corrected chi connectivity index (χ1v) is 10.2. The minimum Gasteiger partial charge on any atom is -0.506 e. The average Bonchev–Trinajstić information content (AvgIpc) is 3.34. The van der Waals surface area contributed by atoms with Crippen molar-refractivity contribution in [3.05, 3.63) is 54.9 Å². The van der Waals surface area contributed by atoms with Gasteiger partial charge in [-0.2, -0.15) is 5.10 Å². The summed E-state index contributed by atoms with van der Waals surface area (Å²) in [5.41, 5.74) is 4.61. The molecule has 0 amide bonds. The zero-order chi connectivity index (χ0) is 21.8. The molecule has 0 fully saturated rings. The molecule has 5 rings (SSSR count). The molecule has 0 unspecified atom stereocenters. The van der Waals surface area contributed by atoms with Gasteiger partial charge in [-0.3, -0.25) is 9.50 Å². The number of rotatable bonds is 3. The van der Waals surface area contributed by atoms with Crippen molar-refractivity contribution in [1.29, 1.82) is 0 Å². The Hall–Kier alpha value is -3.52. The summed E-state index contributed by atoms with van der Waals surface area (Å²) < 4.78 is 1.85. The fourth-order valence-corrected chi connectivity index (χ4v) is 4.46. The van der Waals surface area contributed by atoms with Crippen molar-refractivity contribution in [2.75, 3.05) is 0 Å². The van der Waals surface area contributed by atoms with Gasteiger partial charge in [0.1, 0.15) is 17.1 Å². The van der Waals surface area contributed by atoms with Crippen molar-refractivity contribution < 1.29 is 5.11 Å². The molecule has 4 aromatic heterocycles. The molecule has 158 valence electrons. The van der Waals surface area contributed by atoms with Gasteiger partial charge in [0.25, 0.3) is 0 Å². The van der Waals surface area contributed by atoms with Gasteiger partial charge in [0, 0.05) is 47.0 Å². The number of aromatic hydroxyl groups is 1. The van der Waals surface area contributed by atoms with Gasteiger partial charge in [-0.25, -0.2) is 15.0 Å². The number of aromatic nitrogens is 6. The zero-order valence-electron chi connectivity index (χ0n) is 18.0. The SMILES string of the molecule is CC1(C)C=C(c2ccn3cc(-c4ncc(-c5cn[nH]c5)cc4O)nc3n2)CC(C)(C)N1. The van der Waals surface area contributed by atoms with Gasteiger partial charge in [-0.1, -0.05) is 6.08 Å². The summed E-state index contributed by atoms with van der Waals surface area (Å²) in [6.07, 6.45) is 12.0. The van der Waals surface area contributed by atoms with E-state index < -0.39 is 0 Å². The zero-order valence-corrected chi connectivity index (χ0v) is 18.0. The van der Waals surface area contributed by atoms with Crippen LogP contribution in [-0.2, 0) is 0 Å². The van der Waals surface area contributed by atoms with Crippen LogP contribution in [0.4, 0.5) is 0 Å². The molecule has 8 heteroatoms. The lowest BCUT2D eigenvalue weighted by atomic mass is 9.82. The van der Waals surface area contributed by atoms with Gasteiger partial charge < -0.3 is 10.4 Å². The fourth-order valence-electron chi connectivity index (χ4n) is 4.46. The molecule has 0 spiro atoms. The molecule has 5 heterocycles. The molecule has 0 atom stereocenters. The van der Waals surface area contributed by atoms with Crippen LogP contribution in [0.25, 0.3) is 33.9 Å². The molecule has 3 N–H and O–H groups in total. The van der Waals surface area contributed by atoms with Gasteiger partial charge in [0.2, 0.25) is 5.78 Å². The topological polar surface area (TPSA) is 104 Å². The van der Waals surface area contributed by atoms with Crippen LogP contribution in [0.15, 0.2) is 49.2 Å². The molecule has 4 aromatic rings. The van der Waals surface area contributed by atoms with Crippen molar-refractivity contribution in [2.45, 2.75) is 45.2 Å². The minimum absolute atomic E-state index is 0.0194. The second-order valence-electron chi connectivity index (χ2n) is 9.30. The van der Waals surface area contributed by atoms with Crippen LogP contribution < -0.4 is 5.32 Å². The molecule has 8 nitrogen and oxygen atoms in total. The summed E-state index contributed by atoms with van der Waals surface area (Å²) in [4.78, 5) is 13.9. The molecule has 1 aliphatic rings. The Balaban J connectivity index is 1.51. The first-order valence-electron chi connectivity index (χ1n) is 10.2. The van der Waals surface area contributed by atoms with Crippen LogP contribution in [0.3, 0.4) is 0 Å². The van der Waals surface area contributed by atoms with E-state index in [0.717, 1.165) is 23.2 Å². The van der Waals surface area contributed by atoms with Gasteiger partial charge in [0.15, 0.2) is 0 Å². The predicted octanol–water partition coefficient (Wildman–Crippen LogP) is 3.82. The number of nitrogens with zero attached hydrogens (tertiary/aromatic N) is 5. The van der Waals surface area contributed by atoms with Crippen molar-refractivity contribution in [3.63, 3.8) is 0 Å². The molecule has 1 aliphatic heterocycles. The third-order valence-corrected chi connectivity index (χ3v) is 5.42. The van der Waals surface area contributed by atoms with Crippen molar-refractivity contribution in [3.8, 4) is 28.3 Å². The van der Waals surface area contributed by atoms with Crippen LogP contribution in [0.2, 0.25) is 0 Å². The molecule has 0 saturated carbocycles. The summed E-state index contributed by atoms with van der Waals surface area (Å²) in [6.45, 7) is 8.74. The van der Waals surface area contributed by atoms with Gasteiger partial charge >= 0.3 is 0 Å². The standard InChI is InChI=1S/C23H25N7O/c1-22(2)8-15(9-23(3,4)29-22)17-5-6-30-13-18(28-21(30)27-17)20-19(31)7-14(10-24-20)16-11-25-26-12-16/h5-8,10-13,29,31H,9H2,1-4H3,(H,25,26). The number of nitrogens with one attached hydrogen (secondary N) is 2. The Morgan fingerprint density at radius 3 is 2.58 bits per heavy atom. The Bertz CT molecular complexity index is 1300. The molecular formula is C23H25N7O. The number of pyridine rings is 1. The van der Waals surface area contributed by atoms with Gasteiger partial charge in [0.05, 0.1) is 11.9 Å². The molecule has 0 saturated heterocycles. The number of hydrogen-bond acceptors (Lipinski definition) is 6. The smallest absolute Gasteiger partial charge is 0.234 e. The molecule has 31 heavy (non-hydrogen) atoms. The van der Waals surface area contributed by atoms with Crippen molar-refractivity contribution in [1.82, 2.24) is 34.9 Å². The lowest BCUT2D eigenvalue weighted by Crippen LogP contribution is -2.53. The number of imidazole rings is 1. The number of H-pyrrole nitrogens is 1. The van der Waals surface area contributed by atoms with E-state index in [0.29, 0.717) is 17.2 Å². The number of fused-ring (bicyclic) bond motifs is 1. The minimum atomic E-state index is -0.113. The third-order valence-electron chi connectivity index (χ3n) is 5.42. The summed E-state index contributed by atoms with van der Waals surface area (Å²) in [7, 11) is 0. The quantitative estimate of drug-likeness (QED) is 0.470. The Kier molecular flexibility index (Phi) is 4.23. The maximum Gasteiger partial charge on any atom is 0.234 e. The van der Waals surface area contributed by atoms with Crippen molar-refractivity contribution in [2.24, 2.45) is 0 Å². The lowest BCUT2D eigenvalue weighted by Gasteiger charge is -2.41. The van der Waals surface area contributed by atoms with E-state index in [9.17, 15) is 5.11 Å². The predicted molar refractivity (Wildman–Crippen MR) is 119 cm³/mol. The number of hydrogen-bond donors (Lipinski definition) is 3. The first kappa shape index (κ1) is 19.4. The average molecular weight is 416 g/mol. The van der Waals surface area contributed by atoms with Crippen molar-refractivity contribution >= 4 is 11.4 Å². The van der Waals surface area contributed by atoms with Crippen LogP contribution in [0, 0.1) is 0 Å². The Labute approximate surface area is 180 Å². The maximum absolute atomic E-state index is 10.6. The highest BCUT2D eigenvalue weighted by Gasteiger charge is 2.33. The largest absolute Gasteiger partial charge is 0.506 e. The molecule has 0 aliphatic carbocycles. The maximum atomic E-state index is 10.6.